The highest BCUT2D eigenvalue weighted by Crippen LogP contribution is 2.25. The number of thioether (sulfide) groups is 1. The first-order valence-corrected chi connectivity index (χ1v) is 11.2. The molecule has 0 aromatic heterocycles. The SMILES string of the molecule is O=C(CSc1ccccc1C(=O)N1CCCNCC1)NCC1CCCCC1. The van der Waals surface area contributed by atoms with Crippen molar-refractivity contribution in [2.45, 2.75) is 43.4 Å². The number of nitrogens with zero attached hydrogens (tertiary/aromatic N) is 1. The van der Waals surface area contributed by atoms with Crippen molar-refractivity contribution in [3.05, 3.63) is 29.8 Å². The van der Waals surface area contributed by atoms with Crippen molar-refractivity contribution in [3.63, 3.8) is 0 Å². The van der Waals surface area contributed by atoms with Gasteiger partial charge in [0.15, 0.2) is 0 Å². The van der Waals surface area contributed by atoms with Crippen LogP contribution in [0.5, 0.6) is 0 Å². The summed E-state index contributed by atoms with van der Waals surface area (Å²) in [5.41, 5.74) is 0.712. The van der Waals surface area contributed by atoms with E-state index in [2.05, 4.69) is 10.6 Å². The fourth-order valence-corrected chi connectivity index (χ4v) is 4.71. The first-order chi connectivity index (χ1) is 13.2. The molecule has 1 aliphatic carbocycles. The Morgan fingerprint density at radius 3 is 2.74 bits per heavy atom. The maximum absolute atomic E-state index is 12.9. The lowest BCUT2D eigenvalue weighted by molar-refractivity contribution is -0.118. The minimum atomic E-state index is 0.0619. The van der Waals surface area contributed by atoms with Crippen LogP contribution in [0, 0.1) is 5.92 Å². The summed E-state index contributed by atoms with van der Waals surface area (Å²) >= 11 is 1.46. The standard InChI is InChI=1S/C21H31N3O2S/c25-20(23-15-17-7-2-1-3-8-17)16-27-19-10-5-4-9-18(19)21(26)24-13-6-11-22-12-14-24/h4-5,9-10,17,22H,1-3,6-8,11-16H2,(H,23,25). The highest BCUT2D eigenvalue weighted by molar-refractivity contribution is 8.00. The van der Waals surface area contributed by atoms with E-state index >= 15 is 0 Å². The molecule has 6 heteroatoms. The summed E-state index contributed by atoms with van der Waals surface area (Å²) < 4.78 is 0. The average Bonchev–Trinajstić information content (AvgIpc) is 3.01. The van der Waals surface area contributed by atoms with E-state index in [1.54, 1.807) is 0 Å². The van der Waals surface area contributed by atoms with E-state index < -0.39 is 0 Å². The minimum Gasteiger partial charge on any atom is -0.355 e. The van der Waals surface area contributed by atoms with Crippen molar-refractivity contribution in [1.82, 2.24) is 15.5 Å². The molecule has 1 aliphatic heterocycles. The number of rotatable bonds is 6. The molecule has 1 aromatic rings. The smallest absolute Gasteiger partial charge is 0.255 e. The van der Waals surface area contributed by atoms with Crippen LogP contribution in [0.2, 0.25) is 0 Å². The maximum Gasteiger partial charge on any atom is 0.255 e. The second-order valence-electron chi connectivity index (χ2n) is 7.49. The molecule has 3 rings (SSSR count). The zero-order valence-electron chi connectivity index (χ0n) is 16.0. The maximum atomic E-state index is 12.9. The van der Waals surface area contributed by atoms with Gasteiger partial charge in [0.05, 0.1) is 11.3 Å². The molecule has 0 atom stereocenters. The molecular formula is C21H31N3O2S. The van der Waals surface area contributed by atoms with Crippen molar-refractivity contribution < 1.29 is 9.59 Å². The molecule has 1 saturated carbocycles. The van der Waals surface area contributed by atoms with Crippen molar-refractivity contribution in [1.29, 1.82) is 0 Å². The normalized spacial score (nSPS) is 18.7. The van der Waals surface area contributed by atoms with Crippen molar-refractivity contribution in [2.75, 3.05) is 38.5 Å². The zero-order chi connectivity index (χ0) is 18.9. The summed E-state index contributed by atoms with van der Waals surface area (Å²) in [7, 11) is 0. The van der Waals surface area contributed by atoms with Gasteiger partial charge in [-0.1, -0.05) is 31.4 Å². The quantitative estimate of drug-likeness (QED) is 0.735. The summed E-state index contributed by atoms with van der Waals surface area (Å²) in [5, 5.41) is 6.41. The van der Waals surface area contributed by atoms with Crippen molar-refractivity contribution in [2.24, 2.45) is 5.92 Å². The van der Waals surface area contributed by atoms with Crippen LogP contribution < -0.4 is 10.6 Å². The van der Waals surface area contributed by atoms with Gasteiger partial charge in [-0.15, -0.1) is 11.8 Å². The number of nitrogens with one attached hydrogen (secondary N) is 2. The fourth-order valence-electron chi connectivity index (χ4n) is 3.83. The number of carbonyl (C=O) groups excluding carboxylic acids is 2. The van der Waals surface area contributed by atoms with Crippen LogP contribution in [0.3, 0.4) is 0 Å². The number of hydrogen-bond donors (Lipinski definition) is 2. The topological polar surface area (TPSA) is 61.4 Å². The Morgan fingerprint density at radius 1 is 1.07 bits per heavy atom. The van der Waals surface area contributed by atoms with E-state index in [-0.39, 0.29) is 11.8 Å². The van der Waals surface area contributed by atoms with E-state index in [1.165, 1.54) is 43.9 Å². The Kier molecular flexibility index (Phi) is 8.02. The van der Waals surface area contributed by atoms with Crippen LogP contribution in [-0.2, 0) is 4.79 Å². The van der Waals surface area contributed by atoms with Gasteiger partial charge in [-0.25, -0.2) is 0 Å². The molecule has 0 spiro atoms. The Hall–Kier alpha value is -1.53. The molecule has 27 heavy (non-hydrogen) atoms. The molecule has 2 N–H and O–H groups in total. The molecule has 148 valence electrons. The van der Waals surface area contributed by atoms with E-state index in [4.69, 9.17) is 0 Å². The molecule has 0 bridgehead atoms. The third kappa shape index (κ3) is 6.25. The molecule has 0 radical (unpaired) electrons. The Bertz CT molecular complexity index is 624. The van der Waals surface area contributed by atoms with E-state index in [0.29, 0.717) is 17.2 Å². The van der Waals surface area contributed by atoms with Gasteiger partial charge < -0.3 is 15.5 Å². The number of hydrogen-bond acceptors (Lipinski definition) is 4. The van der Waals surface area contributed by atoms with Crippen LogP contribution in [0.25, 0.3) is 0 Å². The second kappa shape index (κ2) is 10.7. The largest absolute Gasteiger partial charge is 0.355 e. The van der Waals surface area contributed by atoms with E-state index in [1.807, 2.05) is 29.2 Å². The van der Waals surface area contributed by atoms with Crippen LogP contribution in [-0.4, -0.2) is 55.2 Å². The van der Waals surface area contributed by atoms with Crippen LogP contribution in [0.1, 0.15) is 48.9 Å². The van der Waals surface area contributed by atoms with Gasteiger partial charge in [0, 0.05) is 31.1 Å². The highest BCUT2D eigenvalue weighted by atomic mass is 32.2. The van der Waals surface area contributed by atoms with Crippen LogP contribution >= 0.6 is 11.8 Å². The molecule has 2 amide bonds. The molecule has 1 heterocycles. The average molecular weight is 390 g/mol. The van der Waals surface area contributed by atoms with Gasteiger partial charge in [0.1, 0.15) is 0 Å². The number of carbonyl (C=O) groups is 2. The molecular weight excluding hydrogens is 358 g/mol. The van der Waals surface area contributed by atoms with Gasteiger partial charge in [-0.05, 0) is 43.9 Å². The summed E-state index contributed by atoms with van der Waals surface area (Å²) in [6.45, 7) is 4.11. The molecule has 2 aliphatic rings. The summed E-state index contributed by atoms with van der Waals surface area (Å²) in [6, 6.07) is 7.66. The molecule has 1 aromatic carbocycles. The van der Waals surface area contributed by atoms with Gasteiger partial charge in [-0.3, -0.25) is 9.59 Å². The molecule has 2 fully saturated rings. The molecule has 5 nitrogen and oxygen atoms in total. The highest BCUT2D eigenvalue weighted by Gasteiger charge is 2.20. The van der Waals surface area contributed by atoms with Gasteiger partial charge in [0.2, 0.25) is 5.91 Å². The van der Waals surface area contributed by atoms with Crippen molar-refractivity contribution >= 4 is 23.6 Å². The second-order valence-corrected chi connectivity index (χ2v) is 8.51. The van der Waals surface area contributed by atoms with Crippen molar-refractivity contribution in [3.8, 4) is 0 Å². The van der Waals surface area contributed by atoms with Crippen LogP contribution in [0.4, 0.5) is 0 Å². The molecule has 1 saturated heterocycles. The summed E-state index contributed by atoms with van der Waals surface area (Å²) in [6.07, 6.45) is 7.35. The Balaban J connectivity index is 1.52. The summed E-state index contributed by atoms with van der Waals surface area (Å²) in [4.78, 5) is 28.0. The first kappa shape index (κ1) is 20.2. The summed E-state index contributed by atoms with van der Waals surface area (Å²) in [5.74, 6) is 1.13. The number of benzene rings is 1. The van der Waals surface area contributed by atoms with Gasteiger partial charge in [-0.2, -0.15) is 0 Å². The monoisotopic (exact) mass is 389 g/mol. The predicted octanol–water partition coefficient (Wildman–Crippen LogP) is 2.91. The van der Waals surface area contributed by atoms with E-state index in [9.17, 15) is 9.59 Å². The lowest BCUT2D eigenvalue weighted by Gasteiger charge is -2.22. The number of amides is 2. The first-order valence-electron chi connectivity index (χ1n) is 10.2. The zero-order valence-corrected chi connectivity index (χ0v) is 16.9. The Morgan fingerprint density at radius 2 is 1.89 bits per heavy atom. The van der Waals surface area contributed by atoms with Gasteiger partial charge >= 0.3 is 0 Å². The lowest BCUT2D eigenvalue weighted by Crippen LogP contribution is -2.34. The predicted molar refractivity (Wildman–Crippen MR) is 110 cm³/mol. The molecule has 0 unspecified atom stereocenters. The fraction of sp³-hybridized carbons (Fsp3) is 0.619. The lowest BCUT2D eigenvalue weighted by atomic mass is 9.89. The minimum absolute atomic E-state index is 0.0619. The Labute approximate surface area is 166 Å². The van der Waals surface area contributed by atoms with Gasteiger partial charge in [0.25, 0.3) is 5.91 Å². The van der Waals surface area contributed by atoms with E-state index in [0.717, 1.165) is 44.0 Å². The van der Waals surface area contributed by atoms with Crippen LogP contribution in [0.15, 0.2) is 29.2 Å². The third-order valence-electron chi connectivity index (χ3n) is 5.42. The third-order valence-corrected chi connectivity index (χ3v) is 6.49.